The van der Waals surface area contributed by atoms with Gasteiger partial charge < -0.3 is 15.5 Å². The van der Waals surface area contributed by atoms with E-state index >= 15 is 0 Å². The number of nitrogens with one attached hydrogen (secondary N) is 1. The van der Waals surface area contributed by atoms with Gasteiger partial charge in [-0.25, -0.2) is 13.4 Å². The molecule has 2 rings (SSSR count). The molecule has 0 spiro atoms. The number of aromatic nitrogens is 2. The number of aliphatic hydroxyl groups is 2. The van der Waals surface area contributed by atoms with Gasteiger partial charge in [-0.05, 0) is 0 Å². The highest BCUT2D eigenvalue weighted by Gasteiger charge is 2.31. The molecule has 0 fully saturated rings. The second-order valence-corrected chi connectivity index (χ2v) is 6.65. The Labute approximate surface area is 120 Å². The number of imidazole rings is 1. The smallest absolute Gasteiger partial charge is 0.263 e. The van der Waals surface area contributed by atoms with Gasteiger partial charge >= 0.3 is 0 Å². The van der Waals surface area contributed by atoms with Crippen molar-refractivity contribution < 1.29 is 18.6 Å². The number of hydrogen-bond donors (Lipinski definition) is 3. The third kappa shape index (κ3) is 2.52. The molecule has 0 aliphatic rings. The summed E-state index contributed by atoms with van der Waals surface area (Å²) in [5.41, 5.74) is 0. The molecule has 3 N–H and O–H groups in total. The first-order chi connectivity index (χ1) is 9.56. The number of thiazole rings is 1. The number of aliphatic hydroxyl groups excluding tert-OH is 2. The van der Waals surface area contributed by atoms with E-state index in [0.717, 1.165) is 4.31 Å². The minimum absolute atomic E-state index is 0.0122. The number of hydrogen-bond acceptors (Lipinski definition) is 7. The molecule has 0 bridgehead atoms. The molecule has 2 aromatic rings. The van der Waals surface area contributed by atoms with Crippen LogP contribution < -0.4 is 5.32 Å². The summed E-state index contributed by atoms with van der Waals surface area (Å²) in [5, 5.41) is 22.5. The zero-order chi connectivity index (χ0) is 14.8. The van der Waals surface area contributed by atoms with Gasteiger partial charge in [-0.2, -0.15) is 4.31 Å². The Morgan fingerprint density at radius 2 is 2.05 bits per heavy atom. The molecule has 112 valence electrons. The van der Waals surface area contributed by atoms with Crippen LogP contribution in [0.5, 0.6) is 0 Å². The second kappa shape index (κ2) is 6.06. The predicted octanol–water partition coefficient (Wildman–Crippen LogP) is -0.587. The third-order valence-corrected chi connectivity index (χ3v) is 5.42. The molecule has 0 unspecified atom stereocenters. The fraction of sp³-hybridized carbons (Fsp3) is 0.500. The van der Waals surface area contributed by atoms with Crippen molar-refractivity contribution in [1.29, 1.82) is 0 Å². The van der Waals surface area contributed by atoms with Crippen LogP contribution in [0.15, 0.2) is 16.6 Å². The molecule has 2 aromatic heterocycles. The van der Waals surface area contributed by atoms with Crippen LogP contribution in [-0.4, -0.2) is 65.7 Å². The van der Waals surface area contributed by atoms with Gasteiger partial charge in [0.1, 0.15) is 0 Å². The van der Waals surface area contributed by atoms with Crippen molar-refractivity contribution in [2.45, 2.75) is 5.03 Å². The topological polar surface area (TPSA) is 107 Å². The average Bonchev–Trinajstić information content (AvgIpc) is 2.97. The van der Waals surface area contributed by atoms with Crippen LogP contribution in [0.4, 0.5) is 5.82 Å². The summed E-state index contributed by atoms with van der Waals surface area (Å²) in [6.45, 7) is -0.799. The maximum Gasteiger partial charge on any atom is 0.263 e. The quantitative estimate of drug-likeness (QED) is 0.630. The lowest BCUT2D eigenvalue weighted by atomic mass is 10.6. The molecular formula is C10H16N4O4S2. The van der Waals surface area contributed by atoms with Gasteiger partial charge in [0.25, 0.3) is 10.0 Å². The number of nitrogens with zero attached hydrogens (tertiary/aromatic N) is 3. The second-order valence-electron chi connectivity index (χ2n) is 3.92. The maximum atomic E-state index is 12.7. The van der Waals surface area contributed by atoms with Crippen molar-refractivity contribution in [3.63, 3.8) is 0 Å². The van der Waals surface area contributed by atoms with Crippen LogP contribution in [-0.2, 0) is 10.0 Å². The average molecular weight is 320 g/mol. The zero-order valence-corrected chi connectivity index (χ0v) is 12.5. The van der Waals surface area contributed by atoms with E-state index in [1.807, 2.05) is 0 Å². The van der Waals surface area contributed by atoms with E-state index in [-0.39, 0.29) is 37.1 Å². The van der Waals surface area contributed by atoms with Crippen molar-refractivity contribution in [3.05, 3.63) is 11.6 Å². The van der Waals surface area contributed by atoms with Gasteiger partial charge in [0.2, 0.25) is 0 Å². The fourth-order valence-corrected chi connectivity index (χ4v) is 4.32. The van der Waals surface area contributed by atoms with Crippen LogP contribution in [0.1, 0.15) is 0 Å². The molecular weight excluding hydrogens is 304 g/mol. The molecule has 0 radical (unpaired) electrons. The highest BCUT2D eigenvalue weighted by Crippen LogP contribution is 2.27. The van der Waals surface area contributed by atoms with E-state index in [2.05, 4.69) is 10.3 Å². The van der Waals surface area contributed by atoms with Crippen LogP contribution in [0.2, 0.25) is 0 Å². The molecule has 10 heteroatoms. The van der Waals surface area contributed by atoms with Gasteiger partial charge in [-0.15, -0.1) is 11.3 Å². The summed E-state index contributed by atoms with van der Waals surface area (Å²) < 4.78 is 27.9. The Balaban J connectivity index is 2.56. The molecule has 0 aromatic carbocycles. The Morgan fingerprint density at radius 1 is 1.40 bits per heavy atom. The fourth-order valence-electron chi connectivity index (χ4n) is 1.87. The molecule has 8 nitrogen and oxygen atoms in total. The summed E-state index contributed by atoms with van der Waals surface area (Å²) in [6.07, 6.45) is 1.62. The summed E-state index contributed by atoms with van der Waals surface area (Å²) in [7, 11) is -2.27. The molecule has 20 heavy (non-hydrogen) atoms. The van der Waals surface area contributed by atoms with E-state index in [1.165, 1.54) is 15.7 Å². The number of fused-ring (bicyclic) bond motifs is 1. The van der Waals surface area contributed by atoms with Crippen molar-refractivity contribution in [2.24, 2.45) is 0 Å². The highest BCUT2D eigenvalue weighted by atomic mass is 32.2. The van der Waals surface area contributed by atoms with Crippen LogP contribution >= 0.6 is 11.3 Å². The van der Waals surface area contributed by atoms with Gasteiger partial charge in [0.15, 0.2) is 15.8 Å². The third-order valence-electron chi connectivity index (χ3n) is 2.74. The minimum Gasteiger partial charge on any atom is -0.395 e. The lowest BCUT2D eigenvalue weighted by Gasteiger charge is -2.20. The van der Waals surface area contributed by atoms with Crippen molar-refractivity contribution in [2.75, 3.05) is 38.7 Å². The van der Waals surface area contributed by atoms with E-state index in [4.69, 9.17) is 10.2 Å². The summed E-state index contributed by atoms with van der Waals surface area (Å²) in [4.78, 5) is 4.76. The van der Waals surface area contributed by atoms with Crippen LogP contribution in [0.25, 0.3) is 4.96 Å². The van der Waals surface area contributed by atoms with Crippen LogP contribution in [0.3, 0.4) is 0 Å². The van der Waals surface area contributed by atoms with Crippen molar-refractivity contribution >= 4 is 32.1 Å². The standard InChI is InChI=1S/C10H16N4O4S2/c1-11-8-9(14-4-7-19-10(14)12-8)20(17,18)13(2-5-15)3-6-16/h4,7,11,15-16H,2-3,5-6H2,1H3. The summed E-state index contributed by atoms with van der Waals surface area (Å²) >= 11 is 1.32. The summed E-state index contributed by atoms with van der Waals surface area (Å²) in [5.74, 6) is 0.248. The zero-order valence-electron chi connectivity index (χ0n) is 10.9. The number of anilines is 1. The van der Waals surface area contributed by atoms with Gasteiger partial charge in [-0.3, -0.25) is 4.40 Å². The van der Waals surface area contributed by atoms with Gasteiger partial charge in [0, 0.05) is 31.7 Å². The lowest BCUT2D eigenvalue weighted by molar-refractivity contribution is 0.217. The van der Waals surface area contributed by atoms with E-state index in [1.54, 1.807) is 18.6 Å². The first-order valence-electron chi connectivity index (χ1n) is 5.91. The maximum absolute atomic E-state index is 12.7. The first-order valence-corrected chi connectivity index (χ1v) is 8.23. The lowest BCUT2D eigenvalue weighted by Crippen LogP contribution is -2.36. The number of sulfonamides is 1. The molecule has 2 heterocycles. The Hall–Kier alpha value is -1.20. The molecule has 0 aliphatic carbocycles. The van der Waals surface area contributed by atoms with E-state index < -0.39 is 10.0 Å². The largest absolute Gasteiger partial charge is 0.395 e. The van der Waals surface area contributed by atoms with Crippen molar-refractivity contribution in [3.8, 4) is 0 Å². The van der Waals surface area contributed by atoms with E-state index in [0.29, 0.717) is 4.96 Å². The molecule has 0 saturated carbocycles. The minimum atomic E-state index is -3.86. The summed E-state index contributed by atoms with van der Waals surface area (Å²) in [6, 6.07) is 0. The molecule has 0 saturated heterocycles. The van der Waals surface area contributed by atoms with Gasteiger partial charge in [-0.1, -0.05) is 0 Å². The van der Waals surface area contributed by atoms with E-state index in [9.17, 15) is 8.42 Å². The van der Waals surface area contributed by atoms with Crippen LogP contribution in [0, 0.1) is 0 Å². The Kier molecular flexibility index (Phi) is 4.60. The highest BCUT2D eigenvalue weighted by molar-refractivity contribution is 7.89. The Morgan fingerprint density at radius 3 is 2.60 bits per heavy atom. The molecule has 0 amide bonds. The van der Waals surface area contributed by atoms with Gasteiger partial charge in [0.05, 0.1) is 13.2 Å². The van der Waals surface area contributed by atoms with Crippen molar-refractivity contribution in [1.82, 2.24) is 13.7 Å². The monoisotopic (exact) mass is 320 g/mol. The SMILES string of the molecule is CNc1nc2sccn2c1S(=O)(=O)N(CCO)CCO. The molecule has 0 aliphatic heterocycles. The Bertz CT molecular complexity index is 673. The number of rotatable bonds is 7. The predicted molar refractivity (Wildman–Crippen MR) is 75.5 cm³/mol. The molecule has 0 atom stereocenters. The first kappa shape index (κ1) is 15.2. The normalized spacial score (nSPS) is 12.4.